The van der Waals surface area contributed by atoms with Crippen LogP contribution in [0.2, 0.25) is 0 Å². The molecule has 90 valence electrons. The lowest BCUT2D eigenvalue weighted by molar-refractivity contribution is -0.127. The molecule has 2 rings (SSSR count). The molecule has 1 fully saturated rings. The van der Waals surface area contributed by atoms with Crippen molar-refractivity contribution >= 4 is 5.91 Å². The van der Waals surface area contributed by atoms with Crippen molar-refractivity contribution in [2.45, 2.75) is 26.7 Å². The molecule has 1 saturated heterocycles. The van der Waals surface area contributed by atoms with Crippen molar-refractivity contribution < 1.29 is 4.79 Å². The number of hydrogen-bond acceptors (Lipinski definition) is 1. The van der Waals surface area contributed by atoms with E-state index in [-0.39, 0.29) is 5.91 Å². The first-order valence-corrected chi connectivity index (χ1v) is 6.14. The molecule has 0 bridgehead atoms. The lowest BCUT2D eigenvalue weighted by Crippen LogP contribution is -2.27. The van der Waals surface area contributed by atoms with Crippen LogP contribution in [-0.2, 0) is 11.2 Å². The molecule has 17 heavy (non-hydrogen) atoms. The zero-order valence-electron chi connectivity index (χ0n) is 10.6. The lowest BCUT2D eigenvalue weighted by atomic mass is 10.1. The quantitative estimate of drug-likeness (QED) is 0.730. The summed E-state index contributed by atoms with van der Waals surface area (Å²) in [5.74, 6) is 0.275. The highest BCUT2D eigenvalue weighted by Crippen LogP contribution is 2.20. The molecular formula is C15H19NO. The highest BCUT2D eigenvalue weighted by molar-refractivity contribution is 5.82. The third-order valence-corrected chi connectivity index (χ3v) is 3.32. The molecule has 0 radical (unpaired) electrons. The first-order valence-electron chi connectivity index (χ1n) is 6.14. The SMILES string of the molecule is CC(C)=C1CC(=O)N(CCc2ccccc2)C1. The van der Waals surface area contributed by atoms with Gasteiger partial charge in [0.15, 0.2) is 0 Å². The number of amides is 1. The highest BCUT2D eigenvalue weighted by Gasteiger charge is 2.24. The summed E-state index contributed by atoms with van der Waals surface area (Å²) in [4.78, 5) is 13.8. The fraction of sp³-hybridized carbons (Fsp3) is 0.400. The van der Waals surface area contributed by atoms with Gasteiger partial charge in [0.05, 0.1) is 0 Å². The van der Waals surface area contributed by atoms with Crippen molar-refractivity contribution in [2.75, 3.05) is 13.1 Å². The summed E-state index contributed by atoms with van der Waals surface area (Å²) < 4.78 is 0. The van der Waals surface area contributed by atoms with Gasteiger partial charge in [0.25, 0.3) is 0 Å². The zero-order chi connectivity index (χ0) is 12.3. The second kappa shape index (κ2) is 5.17. The number of allylic oxidation sites excluding steroid dienone is 1. The Labute approximate surface area is 103 Å². The Kier molecular flexibility index (Phi) is 3.62. The summed E-state index contributed by atoms with van der Waals surface area (Å²) in [5.41, 5.74) is 3.88. The van der Waals surface area contributed by atoms with Crippen molar-refractivity contribution in [3.05, 3.63) is 47.0 Å². The summed E-state index contributed by atoms with van der Waals surface area (Å²) in [6, 6.07) is 10.3. The number of nitrogens with zero attached hydrogens (tertiary/aromatic N) is 1. The zero-order valence-corrected chi connectivity index (χ0v) is 10.6. The third-order valence-electron chi connectivity index (χ3n) is 3.32. The van der Waals surface area contributed by atoms with Crippen LogP contribution < -0.4 is 0 Å². The van der Waals surface area contributed by atoms with Gasteiger partial charge < -0.3 is 4.90 Å². The molecular weight excluding hydrogens is 210 g/mol. The number of carbonyl (C=O) groups is 1. The van der Waals surface area contributed by atoms with Crippen LogP contribution in [0.5, 0.6) is 0 Å². The van der Waals surface area contributed by atoms with Gasteiger partial charge in [0, 0.05) is 19.5 Å². The number of carbonyl (C=O) groups excluding carboxylic acids is 1. The molecule has 0 unspecified atom stereocenters. The average Bonchev–Trinajstić information content (AvgIpc) is 2.70. The number of benzene rings is 1. The molecule has 2 nitrogen and oxygen atoms in total. The van der Waals surface area contributed by atoms with E-state index in [9.17, 15) is 4.79 Å². The Bertz CT molecular complexity index is 429. The minimum atomic E-state index is 0.275. The van der Waals surface area contributed by atoms with Gasteiger partial charge in [-0.2, -0.15) is 0 Å². The van der Waals surface area contributed by atoms with Crippen LogP contribution in [0.25, 0.3) is 0 Å². The summed E-state index contributed by atoms with van der Waals surface area (Å²) in [5, 5.41) is 0. The molecule has 0 aliphatic carbocycles. The molecule has 1 aromatic carbocycles. The molecule has 0 N–H and O–H groups in total. The van der Waals surface area contributed by atoms with Crippen LogP contribution in [-0.4, -0.2) is 23.9 Å². The van der Waals surface area contributed by atoms with Gasteiger partial charge in [-0.05, 0) is 31.4 Å². The van der Waals surface area contributed by atoms with Crippen LogP contribution in [0.4, 0.5) is 0 Å². The van der Waals surface area contributed by atoms with Crippen molar-refractivity contribution in [3.8, 4) is 0 Å². The number of hydrogen-bond donors (Lipinski definition) is 0. The summed E-state index contributed by atoms with van der Waals surface area (Å²) in [6.45, 7) is 5.83. The number of likely N-dealkylation sites (tertiary alicyclic amines) is 1. The van der Waals surface area contributed by atoms with Gasteiger partial charge in [0.1, 0.15) is 0 Å². The van der Waals surface area contributed by atoms with Gasteiger partial charge >= 0.3 is 0 Å². The average molecular weight is 229 g/mol. The molecule has 1 aromatic rings. The van der Waals surface area contributed by atoms with Crippen LogP contribution in [0.3, 0.4) is 0 Å². The Morgan fingerprint density at radius 3 is 2.53 bits per heavy atom. The van der Waals surface area contributed by atoms with Crippen LogP contribution >= 0.6 is 0 Å². The normalized spacial score (nSPS) is 15.5. The molecule has 1 aliphatic heterocycles. The summed E-state index contributed by atoms with van der Waals surface area (Å²) in [7, 11) is 0. The van der Waals surface area contributed by atoms with Crippen molar-refractivity contribution in [2.24, 2.45) is 0 Å². The maximum Gasteiger partial charge on any atom is 0.227 e. The van der Waals surface area contributed by atoms with E-state index < -0.39 is 0 Å². The molecule has 0 spiro atoms. The van der Waals surface area contributed by atoms with Crippen molar-refractivity contribution in [1.82, 2.24) is 4.90 Å². The van der Waals surface area contributed by atoms with E-state index in [1.807, 2.05) is 23.1 Å². The second-order valence-electron chi connectivity index (χ2n) is 4.83. The Hall–Kier alpha value is -1.57. The monoisotopic (exact) mass is 229 g/mol. The van der Waals surface area contributed by atoms with E-state index in [2.05, 4.69) is 26.0 Å². The predicted molar refractivity (Wildman–Crippen MR) is 69.7 cm³/mol. The smallest absolute Gasteiger partial charge is 0.227 e. The first-order chi connectivity index (χ1) is 8.16. The van der Waals surface area contributed by atoms with Gasteiger partial charge in [0.2, 0.25) is 5.91 Å². The van der Waals surface area contributed by atoms with E-state index in [4.69, 9.17) is 0 Å². The van der Waals surface area contributed by atoms with Crippen molar-refractivity contribution in [3.63, 3.8) is 0 Å². The molecule has 0 aromatic heterocycles. The summed E-state index contributed by atoms with van der Waals surface area (Å²) in [6.07, 6.45) is 1.57. The minimum Gasteiger partial charge on any atom is -0.338 e. The van der Waals surface area contributed by atoms with Crippen LogP contribution in [0.15, 0.2) is 41.5 Å². The Morgan fingerprint density at radius 1 is 1.24 bits per heavy atom. The third kappa shape index (κ3) is 2.96. The largest absolute Gasteiger partial charge is 0.338 e. The Morgan fingerprint density at radius 2 is 1.94 bits per heavy atom. The highest BCUT2D eigenvalue weighted by atomic mass is 16.2. The predicted octanol–water partition coefficient (Wildman–Crippen LogP) is 2.80. The fourth-order valence-corrected chi connectivity index (χ4v) is 2.12. The van der Waals surface area contributed by atoms with Gasteiger partial charge in [-0.25, -0.2) is 0 Å². The molecule has 2 heteroatoms. The van der Waals surface area contributed by atoms with E-state index in [1.54, 1.807) is 0 Å². The van der Waals surface area contributed by atoms with Crippen LogP contribution in [0.1, 0.15) is 25.8 Å². The molecule has 0 saturated carbocycles. The van der Waals surface area contributed by atoms with Gasteiger partial charge in [-0.1, -0.05) is 35.9 Å². The van der Waals surface area contributed by atoms with Gasteiger partial charge in [-0.15, -0.1) is 0 Å². The molecule has 0 atom stereocenters. The lowest BCUT2D eigenvalue weighted by Gasteiger charge is -2.15. The van der Waals surface area contributed by atoms with E-state index >= 15 is 0 Å². The van der Waals surface area contributed by atoms with Crippen molar-refractivity contribution in [1.29, 1.82) is 0 Å². The topological polar surface area (TPSA) is 20.3 Å². The molecule has 1 aliphatic rings. The first kappa shape index (κ1) is 11.9. The fourth-order valence-electron chi connectivity index (χ4n) is 2.12. The van der Waals surface area contributed by atoms with E-state index in [0.717, 1.165) is 19.5 Å². The van der Waals surface area contributed by atoms with E-state index in [1.165, 1.54) is 16.7 Å². The Balaban J connectivity index is 1.93. The second-order valence-corrected chi connectivity index (χ2v) is 4.83. The molecule has 1 amide bonds. The standard InChI is InChI=1S/C15H19NO/c1-12(2)14-10-15(17)16(11-14)9-8-13-6-4-3-5-7-13/h3-7H,8-11H2,1-2H3. The van der Waals surface area contributed by atoms with Gasteiger partial charge in [-0.3, -0.25) is 4.79 Å². The summed E-state index contributed by atoms with van der Waals surface area (Å²) >= 11 is 0. The minimum absolute atomic E-state index is 0.275. The molecule has 1 heterocycles. The number of rotatable bonds is 3. The van der Waals surface area contributed by atoms with E-state index in [0.29, 0.717) is 6.42 Å². The maximum atomic E-state index is 11.8. The maximum absolute atomic E-state index is 11.8. The van der Waals surface area contributed by atoms with Crippen LogP contribution in [0, 0.1) is 0 Å².